The Morgan fingerprint density at radius 3 is 2.60 bits per heavy atom. The van der Waals surface area contributed by atoms with Gasteiger partial charge in [-0.3, -0.25) is 19.2 Å². The van der Waals surface area contributed by atoms with E-state index in [4.69, 9.17) is 0 Å². The molecule has 1 aliphatic rings. The molecular weight excluding hydrogens is 401 g/mol. The lowest BCUT2D eigenvalue weighted by Crippen LogP contribution is -2.37. The molecule has 1 aliphatic heterocycles. The molecule has 0 saturated carbocycles. The number of alkyl halides is 3. The first-order valence-corrected chi connectivity index (χ1v) is 9.49. The molecule has 0 spiro atoms. The van der Waals surface area contributed by atoms with Crippen molar-refractivity contribution < 1.29 is 22.8 Å². The van der Waals surface area contributed by atoms with Crippen LogP contribution in [-0.2, 0) is 24.4 Å². The van der Waals surface area contributed by atoms with Crippen molar-refractivity contribution in [1.82, 2.24) is 25.0 Å². The number of hydrogen-bond donors (Lipinski definition) is 2. The number of aryl methyl sites for hydroxylation is 1. The summed E-state index contributed by atoms with van der Waals surface area (Å²) in [6.07, 6.45) is -1.43. The van der Waals surface area contributed by atoms with Crippen molar-refractivity contribution in [3.8, 4) is 0 Å². The Hall–Kier alpha value is -2.95. The van der Waals surface area contributed by atoms with E-state index in [-0.39, 0.29) is 23.7 Å². The number of likely N-dealkylation sites (N-methyl/N-ethyl adjacent to an activating group) is 1. The zero-order valence-electron chi connectivity index (χ0n) is 16.7. The maximum absolute atomic E-state index is 13.3. The fraction of sp³-hybridized carbons (Fsp3) is 0.474. The van der Waals surface area contributed by atoms with Gasteiger partial charge in [-0.1, -0.05) is 0 Å². The third-order valence-electron chi connectivity index (χ3n) is 5.05. The number of hydrogen-bond acceptors (Lipinski definition) is 5. The number of amides is 2. The van der Waals surface area contributed by atoms with E-state index >= 15 is 0 Å². The van der Waals surface area contributed by atoms with Crippen LogP contribution < -0.4 is 10.6 Å². The van der Waals surface area contributed by atoms with Gasteiger partial charge in [0.05, 0.1) is 11.6 Å². The van der Waals surface area contributed by atoms with Crippen molar-refractivity contribution in [3.63, 3.8) is 0 Å². The molecule has 8 nitrogen and oxygen atoms in total. The largest absolute Gasteiger partial charge is 0.416 e. The van der Waals surface area contributed by atoms with E-state index in [9.17, 15) is 22.8 Å². The number of nitrogens with one attached hydrogen (secondary N) is 2. The molecule has 0 unspecified atom stereocenters. The molecule has 1 saturated heterocycles. The van der Waals surface area contributed by atoms with Crippen LogP contribution in [0.25, 0.3) is 0 Å². The summed E-state index contributed by atoms with van der Waals surface area (Å²) in [5.41, 5.74) is -1.25. The molecule has 30 heavy (non-hydrogen) atoms. The molecule has 2 amide bonds. The van der Waals surface area contributed by atoms with E-state index in [1.807, 2.05) is 4.90 Å². The van der Waals surface area contributed by atoms with Gasteiger partial charge >= 0.3 is 6.18 Å². The Morgan fingerprint density at radius 1 is 1.23 bits per heavy atom. The molecule has 1 aromatic carbocycles. The third kappa shape index (κ3) is 5.15. The molecule has 162 valence electrons. The number of benzene rings is 1. The summed E-state index contributed by atoms with van der Waals surface area (Å²) in [5, 5.41) is 9.02. The molecule has 2 aromatic rings. The Kier molecular flexibility index (Phi) is 6.40. The van der Waals surface area contributed by atoms with Crippen LogP contribution in [0.2, 0.25) is 0 Å². The Balaban J connectivity index is 1.74. The summed E-state index contributed by atoms with van der Waals surface area (Å²) in [7, 11) is 3.49. The Bertz CT molecular complexity index is 927. The van der Waals surface area contributed by atoms with Crippen molar-refractivity contribution in [2.45, 2.75) is 31.5 Å². The van der Waals surface area contributed by atoms with Crippen molar-refractivity contribution in [3.05, 3.63) is 41.5 Å². The quantitative estimate of drug-likeness (QED) is 0.738. The molecule has 1 aromatic heterocycles. The van der Waals surface area contributed by atoms with Crippen LogP contribution in [0.5, 0.6) is 0 Å². The summed E-state index contributed by atoms with van der Waals surface area (Å²) >= 11 is 0. The van der Waals surface area contributed by atoms with Gasteiger partial charge in [0.2, 0.25) is 5.91 Å². The van der Waals surface area contributed by atoms with Crippen LogP contribution in [0.3, 0.4) is 0 Å². The standard InChI is InChI=1S/C19H23F3N6O2/c1-27-7-3-4-15(27)18(30)26-14-9-12(8-13(10-14)19(20,21)22)17(29)23-6-5-16-24-11-25-28(16)2/h8-11,15H,3-7H2,1-2H3,(H,23,29)(H,26,30)/t15-/m0/s1. The summed E-state index contributed by atoms with van der Waals surface area (Å²) in [6, 6.07) is 2.46. The van der Waals surface area contributed by atoms with Crippen molar-refractivity contribution in [2.24, 2.45) is 7.05 Å². The van der Waals surface area contributed by atoms with Gasteiger partial charge in [-0.05, 0) is 44.6 Å². The Morgan fingerprint density at radius 2 is 2.00 bits per heavy atom. The highest BCUT2D eigenvalue weighted by atomic mass is 19.4. The van der Waals surface area contributed by atoms with E-state index in [2.05, 4.69) is 20.7 Å². The first-order valence-electron chi connectivity index (χ1n) is 9.49. The second-order valence-corrected chi connectivity index (χ2v) is 7.23. The van der Waals surface area contributed by atoms with Gasteiger partial charge < -0.3 is 10.6 Å². The molecule has 3 rings (SSSR count). The minimum absolute atomic E-state index is 0.0615. The highest BCUT2D eigenvalue weighted by Crippen LogP contribution is 2.32. The van der Waals surface area contributed by atoms with E-state index < -0.39 is 23.7 Å². The topological polar surface area (TPSA) is 92.2 Å². The first kappa shape index (κ1) is 21.8. The smallest absolute Gasteiger partial charge is 0.352 e. The fourth-order valence-corrected chi connectivity index (χ4v) is 3.40. The predicted octanol–water partition coefficient (Wildman–Crippen LogP) is 1.84. The van der Waals surface area contributed by atoms with Gasteiger partial charge in [0.15, 0.2) is 0 Å². The van der Waals surface area contributed by atoms with Crippen molar-refractivity contribution >= 4 is 17.5 Å². The van der Waals surface area contributed by atoms with Crippen LogP contribution in [0, 0.1) is 0 Å². The molecule has 0 aliphatic carbocycles. The maximum Gasteiger partial charge on any atom is 0.416 e. The lowest BCUT2D eigenvalue weighted by atomic mass is 10.1. The van der Waals surface area contributed by atoms with Crippen LogP contribution in [0.4, 0.5) is 18.9 Å². The molecule has 2 N–H and O–H groups in total. The van der Waals surface area contributed by atoms with E-state index in [0.717, 1.165) is 25.1 Å². The number of nitrogens with zero attached hydrogens (tertiary/aromatic N) is 4. The van der Waals surface area contributed by atoms with E-state index in [1.165, 1.54) is 12.4 Å². The van der Waals surface area contributed by atoms with E-state index in [1.54, 1.807) is 18.8 Å². The number of carbonyl (C=O) groups excluding carboxylic acids is 2. The molecule has 2 heterocycles. The van der Waals surface area contributed by atoms with Crippen LogP contribution in [0.1, 0.15) is 34.6 Å². The number of halogens is 3. The average molecular weight is 424 g/mol. The SMILES string of the molecule is CN1CCC[C@H]1C(=O)Nc1cc(C(=O)NCCc2ncnn2C)cc(C(F)(F)F)c1. The molecule has 11 heteroatoms. The molecule has 1 fully saturated rings. The summed E-state index contributed by atoms with van der Waals surface area (Å²) in [6.45, 7) is 0.927. The van der Waals surface area contributed by atoms with Gasteiger partial charge in [-0.15, -0.1) is 0 Å². The lowest BCUT2D eigenvalue weighted by molar-refractivity contribution is -0.137. The number of carbonyl (C=O) groups is 2. The normalized spacial score (nSPS) is 17.2. The number of anilines is 1. The second kappa shape index (κ2) is 8.82. The number of rotatable bonds is 6. The molecule has 0 bridgehead atoms. The van der Waals surface area contributed by atoms with Crippen LogP contribution >= 0.6 is 0 Å². The zero-order valence-corrected chi connectivity index (χ0v) is 16.7. The van der Waals surface area contributed by atoms with Gasteiger partial charge in [0, 0.05) is 31.3 Å². The number of aromatic nitrogens is 3. The summed E-state index contributed by atoms with van der Waals surface area (Å²) in [5.74, 6) is -0.423. The van der Waals surface area contributed by atoms with Gasteiger partial charge in [0.25, 0.3) is 5.91 Å². The lowest BCUT2D eigenvalue weighted by Gasteiger charge is -2.19. The monoisotopic (exact) mass is 424 g/mol. The zero-order chi connectivity index (χ0) is 21.9. The van der Waals surface area contributed by atoms with Crippen LogP contribution in [0.15, 0.2) is 24.5 Å². The maximum atomic E-state index is 13.3. The average Bonchev–Trinajstić information content (AvgIpc) is 3.29. The number of likely N-dealkylation sites (tertiary alicyclic amines) is 1. The molecule has 1 atom stereocenters. The minimum Gasteiger partial charge on any atom is -0.352 e. The third-order valence-corrected chi connectivity index (χ3v) is 5.05. The predicted molar refractivity (Wildman–Crippen MR) is 103 cm³/mol. The minimum atomic E-state index is -4.65. The van der Waals surface area contributed by atoms with Crippen molar-refractivity contribution in [1.29, 1.82) is 0 Å². The van der Waals surface area contributed by atoms with Crippen LogP contribution in [-0.4, -0.2) is 57.7 Å². The van der Waals surface area contributed by atoms with Crippen molar-refractivity contribution in [2.75, 3.05) is 25.5 Å². The summed E-state index contributed by atoms with van der Waals surface area (Å²) in [4.78, 5) is 30.8. The molecule has 0 radical (unpaired) electrons. The van der Waals surface area contributed by atoms with Gasteiger partial charge in [0.1, 0.15) is 12.2 Å². The Labute approximate surface area is 171 Å². The highest BCUT2D eigenvalue weighted by Gasteiger charge is 2.33. The highest BCUT2D eigenvalue weighted by molar-refractivity contribution is 5.99. The molecular formula is C19H23F3N6O2. The first-order chi connectivity index (χ1) is 14.1. The fourth-order valence-electron chi connectivity index (χ4n) is 3.40. The second-order valence-electron chi connectivity index (χ2n) is 7.23. The van der Waals surface area contributed by atoms with E-state index in [0.29, 0.717) is 18.7 Å². The summed E-state index contributed by atoms with van der Waals surface area (Å²) < 4.78 is 41.5. The van der Waals surface area contributed by atoms with Gasteiger partial charge in [-0.2, -0.15) is 18.3 Å². The van der Waals surface area contributed by atoms with Gasteiger partial charge in [-0.25, -0.2) is 4.98 Å².